The topological polar surface area (TPSA) is 20.3 Å². The SMILES string of the molecule is CCN(Cc1ccc(Br)s1)C(=O)CCCCCl. The number of hydrogen-bond acceptors (Lipinski definition) is 2. The molecule has 0 saturated carbocycles. The molecule has 1 rings (SSSR count). The fourth-order valence-corrected chi connectivity index (χ4v) is 3.22. The highest BCUT2D eigenvalue weighted by Gasteiger charge is 2.12. The Morgan fingerprint density at radius 2 is 2.24 bits per heavy atom. The molecule has 1 amide bonds. The van der Waals surface area contributed by atoms with Gasteiger partial charge in [0.25, 0.3) is 0 Å². The minimum absolute atomic E-state index is 0.224. The maximum Gasteiger partial charge on any atom is 0.222 e. The smallest absolute Gasteiger partial charge is 0.222 e. The number of carbonyl (C=O) groups is 1. The average Bonchev–Trinajstić information content (AvgIpc) is 2.72. The molecule has 1 heterocycles. The number of amides is 1. The van der Waals surface area contributed by atoms with Gasteiger partial charge in [-0.2, -0.15) is 0 Å². The van der Waals surface area contributed by atoms with Gasteiger partial charge in [0, 0.05) is 23.7 Å². The van der Waals surface area contributed by atoms with E-state index in [2.05, 4.69) is 22.0 Å². The molecule has 0 fully saturated rings. The molecule has 0 radical (unpaired) electrons. The van der Waals surface area contributed by atoms with Crippen LogP contribution in [0.5, 0.6) is 0 Å². The summed E-state index contributed by atoms with van der Waals surface area (Å²) < 4.78 is 1.11. The van der Waals surface area contributed by atoms with Crippen molar-refractivity contribution in [2.45, 2.75) is 32.7 Å². The van der Waals surface area contributed by atoms with E-state index >= 15 is 0 Å². The van der Waals surface area contributed by atoms with Crippen LogP contribution in [0.1, 0.15) is 31.1 Å². The molecule has 1 aromatic rings. The van der Waals surface area contributed by atoms with Crippen LogP contribution in [0.2, 0.25) is 0 Å². The van der Waals surface area contributed by atoms with Crippen LogP contribution in [-0.2, 0) is 11.3 Å². The van der Waals surface area contributed by atoms with E-state index in [1.54, 1.807) is 11.3 Å². The standard InChI is InChI=1S/C12H17BrClNOS/c1-2-15(12(16)5-3-4-8-14)9-10-6-7-11(13)17-10/h6-7H,2-5,8-9H2,1H3. The quantitative estimate of drug-likeness (QED) is 0.537. The molecule has 0 spiro atoms. The average molecular weight is 339 g/mol. The Morgan fingerprint density at radius 3 is 2.76 bits per heavy atom. The van der Waals surface area contributed by atoms with Crippen LogP contribution in [0.15, 0.2) is 15.9 Å². The number of nitrogens with zero attached hydrogens (tertiary/aromatic N) is 1. The van der Waals surface area contributed by atoms with Crippen LogP contribution < -0.4 is 0 Å². The molecule has 0 atom stereocenters. The van der Waals surface area contributed by atoms with E-state index in [4.69, 9.17) is 11.6 Å². The van der Waals surface area contributed by atoms with E-state index in [1.165, 1.54) is 4.88 Å². The van der Waals surface area contributed by atoms with E-state index in [-0.39, 0.29) is 5.91 Å². The van der Waals surface area contributed by atoms with Crippen molar-refractivity contribution in [3.05, 3.63) is 20.8 Å². The van der Waals surface area contributed by atoms with Crippen molar-refractivity contribution in [3.8, 4) is 0 Å². The maximum absolute atomic E-state index is 11.9. The van der Waals surface area contributed by atoms with Crippen molar-refractivity contribution in [1.82, 2.24) is 4.90 Å². The molecule has 2 nitrogen and oxygen atoms in total. The van der Waals surface area contributed by atoms with E-state index in [0.717, 1.165) is 23.2 Å². The van der Waals surface area contributed by atoms with Crippen LogP contribution in [-0.4, -0.2) is 23.2 Å². The van der Waals surface area contributed by atoms with E-state index in [0.29, 0.717) is 18.8 Å². The van der Waals surface area contributed by atoms with Gasteiger partial charge in [-0.3, -0.25) is 4.79 Å². The van der Waals surface area contributed by atoms with Crippen LogP contribution in [0.4, 0.5) is 0 Å². The van der Waals surface area contributed by atoms with Gasteiger partial charge in [0.15, 0.2) is 0 Å². The summed E-state index contributed by atoms with van der Waals surface area (Å²) in [7, 11) is 0. The highest BCUT2D eigenvalue weighted by molar-refractivity contribution is 9.11. The fourth-order valence-electron chi connectivity index (χ4n) is 1.53. The van der Waals surface area contributed by atoms with E-state index in [9.17, 15) is 4.79 Å². The van der Waals surface area contributed by atoms with Crippen LogP contribution >= 0.6 is 38.9 Å². The second-order valence-electron chi connectivity index (χ2n) is 3.76. The van der Waals surface area contributed by atoms with Crippen LogP contribution in [0, 0.1) is 0 Å². The predicted octanol–water partition coefficient (Wildman–Crippen LogP) is 4.27. The second kappa shape index (κ2) is 8.11. The first-order valence-electron chi connectivity index (χ1n) is 5.75. The van der Waals surface area contributed by atoms with Gasteiger partial charge in [-0.15, -0.1) is 22.9 Å². The van der Waals surface area contributed by atoms with Gasteiger partial charge in [-0.25, -0.2) is 0 Å². The highest BCUT2D eigenvalue weighted by atomic mass is 79.9. The summed E-state index contributed by atoms with van der Waals surface area (Å²) in [5.41, 5.74) is 0. The van der Waals surface area contributed by atoms with Crippen molar-refractivity contribution in [1.29, 1.82) is 0 Å². The number of halogens is 2. The van der Waals surface area contributed by atoms with Gasteiger partial charge in [-0.05, 0) is 47.8 Å². The number of unbranched alkanes of at least 4 members (excludes halogenated alkanes) is 1. The Hall–Kier alpha value is -0.0600. The fraction of sp³-hybridized carbons (Fsp3) is 0.583. The lowest BCUT2D eigenvalue weighted by Gasteiger charge is -2.20. The molecule has 17 heavy (non-hydrogen) atoms. The van der Waals surface area contributed by atoms with E-state index < -0.39 is 0 Å². The van der Waals surface area contributed by atoms with Gasteiger partial charge in [-0.1, -0.05) is 0 Å². The molecule has 1 aromatic heterocycles. The minimum atomic E-state index is 0.224. The first-order valence-corrected chi connectivity index (χ1v) is 7.89. The number of thiophene rings is 1. The van der Waals surface area contributed by atoms with Crippen molar-refractivity contribution < 1.29 is 4.79 Å². The summed E-state index contributed by atoms with van der Waals surface area (Å²) in [4.78, 5) is 15.0. The number of hydrogen-bond donors (Lipinski definition) is 0. The third-order valence-corrected chi connectivity index (χ3v) is 4.36. The zero-order valence-corrected chi connectivity index (χ0v) is 13.1. The van der Waals surface area contributed by atoms with Crippen LogP contribution in [0.3, 0.4) is 0 Å². The zero-order chi connectivity index (χ0) is 12.7. The first-order chi connectivity index (χ1) is 8.17. The van der Waals surface area contributed by atoms with Gasteiger partial charge < -0.3 is 4.90 Å². The Morgan fingerprint density at radius 1 is 1.47 bits per heavy atom. The zero-order valence-electron chi connectivity index (χ0n) is 9.92. The Labute approximate surface area is 120 Å². The predicted molar refractivity (Wildman–Crippen MR) is 77.7 cm³/mol. The molecule has 0 N–H and O–H groups in total. The number of alkyl halides is 1. The normalized spacial score (nSPS) is 10.5. The summed E-state index contributed by atoms with van der Waals surface area (Å²) in [5.74, 6) is 0.860. The lowest BCUT2D eigenvalue weighted by Crippen LogP contribution is -2.29. The monoisotopic (exact) mass is 337 g/mol. The van der Waals surface area contributed by atoms with E-state index in [1.807, 2.05) is 17.9 Å². The summed E-state index contributed by atoms with van der Waals surface area (Å²) in [6.45, 7) is 3.49. The van der Waals surface area contributed by atoms with Crippen molar-refractivity contribution in [2.75, 3.05) is 12.4 Å². The Bertz CT molecular complexity index is 356. The van der Waals surface area contributed by atoms with Crippen molar-refractivity contribution in [3.63, 3.8) is 0 Å². The molecule has 0 aliphatic heterocycles. The maximum atomic E-state index is 11.9. The number of carbonyl (C=O) groups excluding carboxylic acids is 1. The summed E-state index contributed by atoms with van der Waals surface area (Å²) in [6, 6.07) is 4.08. The second-order valence-corrected chi connectivity index (χ2v) is 6.69. The minimum Gasteiger partial charge on any atom is -0.338 e. The lowest BCUT2D eigenvalue weighted by molar-refractivity contribution is -0.131. The van der Waals surface area contributed by atoms with Crippen molar-refractivity contribution >= 4 is 44.8 Å². The molecule has 0 aliphatic carbocycles. The molecule has 96 valence electrons. The third-order valence-electron chi connectivity index (χ3n) is 2.48. The van der Waals surface area contributed by atoms with Gasteiger partial charge in [0.05, 0.1) is 10.3 Å². The third kappa shape index (κ3) is 5.40. The van der Waals surface area contributed by atoms with Gasteiger partial charge in [0.2, 0.25) is 5.91 Å². The highest BCUT2D eigenvalue weighted by Crippen LogP contribution is 2.23. The van der Waals surface area contributed by atoms with Crippen LogP contribution in [0.25, 0.3) is 0 Å². The number of rotatable bonds is 7. The molecule has 0 aliphatic rings. The molecule has 0 bridgehead atoms. The summed E-state index contributed by atoms with van der Waals surface area (Å²) >= 11 is 10.7. The largest absolute Gasteiger partial charge is 0.338 e. The molecule has 0 saturated heterocycles. The Kier molecular flexibility index (Phi) is 7.16. The Balaban J connectivity index is 2.44. The molecule has 0 unspecified atom stereocenters. The first kappa shape index (κ1) is 15.0. The van der Waals surface area contributed by atoms with Gasteiger partial charge in [0.1, 0.15) is 0 Å². The molecular weight excluding hydrogens is 322 g/mol. The molecular formula is C12H17BrClNOS. The molecule has 0 aromatic carbocycles. The lowest BCUT2D eigenvalue weighted by atomic mass is 10.2. The van der Waals surface area contributed by atoms with Gasteiger partial charge >= 0.3 is 0 Å². The summed E-state index contributed by atoms with van der Waals surface area (Å²) in [5, 5.41) is 0. The summed E-state index contributed by atoms with van der Waals surface area (Å²) in [6.07, 6.45) is 2.40. The van der Waals surface area contributed by atoms with Crippen molar-refractivity contribution in [2.24, 2.45) is 0 Å². The molecule has 5 heteroatoms.